The summed E-state index contributed by atoms with van der Waals surface area (Å²) in [6.07, 6.45) is 3.41. The molecule has 0 radical (unpaired) electrons. The zero-order valence-corrected chi connectivity index (χ0v) is 16.0. The average Bonchev–Trinajstić information content (AvgIpc) is 2.95. The zero-order valence-electron chi connectivity index (χ0n) is 15.3. The zero-order chi connectivity index (χ0) is 19.6. The largest absolute Gasteiger partial charge is 0.872 e. The van der Waals surface area contributed by atoms with Crippen molar-refractivity contribution in [3.05, 3.63) is 63.6 Å². The fraction of sp³-hybridized carbons (Fsp3) is 0.286. The summed E-state index contributed by atoms with van der Waals surface area (Å²) in [7, 11) is 2.00. The minimum absolute atomic E-state index is 0.0324. The number of benzene rings is 2. The minimum Gasteiger partial charge on any atom is -0.872 e. The van der Waals surface area contributed by atoms with Crippen molar-refractivity contribution in [2.24, 2.45) is 0 Å². The summed E-state index contributed by atoms with van der Waals surface area (Å²) in [6.45, 7) is 3.49. The van der Waals surface area contributed by atoms with Crippen LogP contribution in [-0.2, 0) is 6.54 Å². The molecule has 1 unspecified atom stereocenters. The molecular weight excluding hydrogens is 369 g/mol. The van der Waals surface area contributed by atoms with Crippen LogP contribution in [0.25, 0.3) is 6.08 Å². The van der Waals surface area contributed by atoms with Gasteiger partial charge in [-0.1, -0.05) is 42.8 Å². The molecule has 1 heterocycles. The number of halogens is 2. The molecule has 0 bridgehead atoms. The lowest BCUT2D eigenvalue weighted by Crippen LogP contribution is -3.07. The fourth-order valence-electron chi connectivity index (χ4n) is 3.10. The number of hydrogen-bond donors (Lipinski definition) is 1. The molecule has 4 nitrogen and oxygen atoms in total. The number of ketones is 1. The van der Waals surface area contributed by atoms with Gasteiger partial charge in [-0.25, -0.2) is 4.39 Å². The van der Waals surface area contributed by atoms with Gasteiger partial charge in [0.1, 0.15) is 18.1 Å². The van der Waals surface area contributed by atoms with Crippen LogP contribution < -0.4 is 14.7 Å². The second-order valence-corrected chi connectivity index (χ2v) is 7.14. The van der Waals surface area contributed by atoms with E-state index >= 15 is 0 Å². The second kappa shape index (κ2) is 8.11. The molecule has 2 aromatic rings. The Morgan fingerprint density at radius 3 is 2.78 bits per heavy atom. The molecule has 0 spiro atoms. The van der Waals surface area contributed by atoms with Crippen LogP contribution >= 0.6 is 11.6 Å². The first-order valence-corrected chi connectivity index (χ1v) is 9.32. The third kappa shape index (κ3) is 3.99. The summed E-state index contributed by atoms with van der Waals surface area (Å²) in [4.78, 5) is 13.8. The number of fused-ring (bicyclic) bond motifs is 1. The predicted molar refractivity (Wildman–Crippen MR) is 101 cm³/mol. The molecule has 142 valence electrons. The Morgan fingerprint density at radius 1 is 1.30 bits per heavy atom. The van der Waals surface area contributed by atoms with E-state index in [0.717, 1.165) is 24.3 Å². The van der Waals surface area contributed by atoms with Gasteiger partial charge >= 0.3 is 0 Å². The SMILES string of the molecule is CCCC[NH+](C)Cc1c([O-])ccc2c1OC(=Cc1c(F)cccc1Cl)C2=O. The van der Waals surface area contributed by atoms with E-state index in [1.165, 1.54) is 36.4 Å². The first-order chi connectivity index (χ1) is 12.9. The summed E-state index contributed by atoms with van der Waals surface area (Å²) in [6, 6.07) is 7.15. The highest BCUT2D eigenvalue weighted by Gasteiger charge is 2.31. The van der Waals surface area contributed by atoms with Crippen molar-refractivity contribution in [2.45, 2.75) is 26.3 Å². The van der Waals surface area contributed by atoms with Crippen molar-refractivity contribution in [1.29, 1.82) is 0 Å². The predicted octanol–water partition coefficient (Wildman–Crippen LogP) is 2.98. The summed E-state index contributed by atoms with van der Waals surface area (Å²) < 4.78 is 19.8. The maximum atomic E-state index is 14.0. The molecule has 3 rings (SSSR count). The Labute approximate surface area is 162 Å². The molecule has 1 aliphatic heterocycles. The summed E-state index contributed by atoms with van der Waals surface area (Å²) in [5.74, 6) is -0.840. The molecule has 6 heteroatoms. The molecule has 1 atom stereocenters. The highest BCUT2D eigenvalue weighted by Crippen LogP contribution is 2.38. The molecule has 1 N–H and O–H groups in total. The van der Waals surface area contributed by atoms with E-state index in [9.17, 15) is 14.3 Å². The normalized spacial score (nSPS) is 15.7. The van der Waals surface area contributed by atoms with Crippen molar-refractivity contribution in [2.75, 3.05) is 13.6 Å². The molecule has 0 aromatic heterocycles. The lowest BCUT2D eigenvalue weighted by molar-refractivity contribution is -0.894. The molecular formula is C21H21ClFNO3. The molecule has 27 heavy (non-hydrogen) atoms. The first-order valence-electron chi connectivity index (χ1n) is 8.94. The van der Waals surface area contributed by atoms with E-state index in [1.807, 2.05) is 7.05 Å². The Balaban J connectivity index is 1.95. The quantitative estimate of drug-likeness (QED) is 0.773. The molecule has 1 aliphatic rings. The number of carbonyl (C=O) groups is 1. The number of Topliss-reactive ketones (excluding diaryl/α,β-unsaturated/α-hetero) is 1. The molecule has 0 fully saturated rings. The van der Waals surface area contributed by atoms with Gasteiger partial charge in [0.05, 0.1) is 24.2 Å². The van der Waals surface area contributed by atoms with Crippen molar-refractivity contribution in [3.8, 4) is 11.5 Å². The molecule has 2 aromatic carbocycles. The average molecular weight is 390 g/mol. The Bertz CT molecular complexity index is 890. The van der Waals surface area contributed by atoms with E-state index in [2.05, 4.69) is 6.92 Å². The van der Waals surface area contributed by atoms with Gasteiger partial charge in [0.25, 0.3) is 0 Å². The maximum Gasteiger partial charge on any atom is 0.231 e. The van der Waals surface area contributed by atoms with Crippen LogP contribution in [0.4, 0.5) is 4.39 Å². The van der Waals surface area contributed by atoms with Gasteiger partial charge < -0.3 is 14.7 Å². The minimum atomic E-state index is -0.546. The third-order valence-corrected chi connectivity index (χ3v) is 4.94. The van der Waals surface area contributed by atoms with Crippen molar-refractivity contribution < 1.29 is 23.9 Å². The van der Waals surface area contributed by atoms with Crippen LogP contribution in [-0.4, -0.2) is 19.4 Å². The van der Waals surface area contributed by atoms with Crippen LogP contribution in [0.2, 0.25) is 5.02 Å². The van der Waals surface area contributed by atoms with E-state index in [1.54, 1.807) is 0 Å². The highest BCUT2D eigenvalue weighted by molar-refractivity contribution is 6.32. The van der Waals surface area contributed by atoms with Gasteiger partial charge in [0.15, 0.2) is 5.76 Å². The molecule has 0 saturated carbocycles. The number of ether oxygens (including phenoxy) is 1. The van der Waals surface area contributed by atoms with Gasteiger partial charge in [-0.15, -0.1) is 0 Å². The lowest BCUT2D eigenvalue weighted by Gasteiger charge is -2.20. The first kappa shape index (κ1) is 19.4. The monoisotopic (exact) mass is 389 g/mol. The number of allylic oxidation sites excluding steroid dienone is 1. The topological polar surface area (TPSA) is 53.8 Å². The lowest BCUT2D eigenvalue weighted by atomic mass is 10.0. The van der Waals surface area contributed by atoms with Gasteiger partial charge in [0.2, 0.25) is 5.78 Å². The van der Waals surface area contributed by atoms with Crippen molar-refractivity contribution in [1.82, 2.24) is 0 Å². The number of hydrogen-bond acceptors (Lipinski definition) is 3. The van der Waals surface area contributed by atoms with Gasteiger partial charge in [-0.05, 0) is 30.7 Å². The molecule has 0 amide bonds. The van der Waals surface area contributed by atoms with Crippen LogP contribution in [0, 0.1) is 5.82 Å². The Hall–Kier alpha value is -2.37. The Kier molecular flexibility index (Phi) is 5.82. The maximum absolute atomic E-state index is 14.0. The molecule has 0 aliphatic carbocycles. The van der Waals surface area contributed by atoms with Gasteiger partial charge in [-0.3, -0.25) is 4.79 Å². The van der Waals surface area contributed by atoms with Crippen molar-refractivity contribution in [3.63, 3.8) is 0 Å². The van der Waals surface area contributed by atoms with Crippen LogP contribution in [0.3, 0.4) is 0 Å². The summed E-state index contributed by atoms with van der Waals surface area (Å²) >= 11 is 6.04. The number of nitrogens with one attached hydrogen (secondary N) is 1. The molecule has 0 saturated heterocycles. The number of quaternary nitrogens is 1. The van der Waals surface area contributed by atoms with Crippen LogP contribution in [0.1, 0.15) is 41.3 Å². The summed E-state index contributed by atoms with van der Waals surface area (Å²) in [5, 5.41) is 12.5. The third-order valence-electron chi connectivity index (χ3n) is 4.61. The summed E-state index contributed by atoms with van der Waals surface area (Å²) in [5.41, 5.74) is 0.883. The van der Waals surface area contributed by atoms with Gasteiger partial charge in [0, 0.05) is 11.1 Å². The smallest absolute Gasteiger partial charge is 0.231 e. The number of carbonyl (C=O) groups excluding carboxylic acids is 1. The van der Waals surface area contributed by atoms with E-state index < -0.39 is 5.82 Å². The van der Waals surface area contributed by atoms with E-state index in [4.69, 9.17) is 16.3 Å². The van der Waals surface area contributed by atoms with E-state index in [-0.39, 0.29) is 33.6 Å². The Morgan fingerprint density at radius 2 is 2.07 bits per heavy atom. The van der Waals surface area contributed by atoms with Crippen LogP contribution in [0.15, 0.2) is 36.1 Å². The van der Waals surface area contributed by atoms with Crippen LogP contribution in [0.5, 0.6) is 11.5 Å². The standard InChI is InChI=1S/C21H21ClFNO3/c1-3-4-10-24(2)12-15-18(25)9-8-13-20(26)19(27-21(13)15)11-14-16(22)6-5-7-17(14)23/h5-9,11,25H,3-4,10,12H2,1-2H3. The van der Waals surface area contributed by atoms with E-state index in [0.29, 0.717) is 17.7 Å². The highest BCUT2D eigenvalue weighted by atomic mass is 35.5. The number of rotatable bonds is 6. The fourth-order valence-corrected chi connectivity index (χ4v) is 3.32. The van der Waals surface area contributed by atoms with Gasteiger partial charge in [-0.2, -0.15) is 0 Å². The second-order valence-electron chi connectivity index (χ2n) is 6.73. The van der Waals surface area contributed by atoms with Crippen molar-refractivity contribution >= 4 is 23.5 Å². The number of unbranched alkanes of at least 4 members (excludes halogenated alkanes) is 1.